The van der Waals surface area contributed by atoms with Crippen LogP contribution in [0, 0.1) is 11.8 Å². The average molecular weight is 864 g/mol. The molecule has 1 aliphatic heterocycles. The number of nitrogens with one attached hydrogen (secondary N) is 4. The van der Waals surface area contributed by atoms with Crippen LogP contribution >= 0.6 is 0 Å². The predicted molar refractivity (Wildman–Crippen MR) is 239 cm³/mol. The van der Waals surface area contributed by atoms with Crippen molar-refractivity contribution in [1.82, 2.24) is 37.1 Å². The largest absolute Gasteiger partial charge is 0.481 e. The molecular weight excluding hydrogens is 803 g/mol. The van der Waals surface area contributed by atoms with Crippen molar-refractivity contribution in [2.75, 3.05) is 6.61 Å². The number of unbranched alkanes of at least 4 members (excludes halogenated alkanes) is 1. The van der Waals surface area contributed by atoms with Crippen LogP contribution in [-0.2, 0) is 41.7 Å². The minimum Gasteiger partial charge on any atom is -0.481 e. The average Bonchev–Trinajstić information content (AvgIpc) is 3.75. The van der Waals surface area contributed by atoms with Crippen molar-refractivity contribution < 1.29 is 38.9 Å². The summed E-state index contributed by atoms with van der Waals surface area (Å²) in [5.41, 5.74) is 19.1. The monoisotopic (exact) mass is 863 g/mol. The van der Waals surface area contributed by atoms with Gasteiger partial charge in [-0.25, -0.2) is 15.6 Å². The van der Waals surface area contributed by atoms with Gasteiger partial charge in [0.25, 0.3) is 0 Å². The lowest BCUT2D eigenvalue weighted by Crippen LogP contribution is -2.62. The maximum Gasteiger partial charge on any atom is 0.326 e. The normalized spacial score (nSPS) is 15.4. The van der Waals surface area contributed by atoms with Crippen LogP contribution in [0.4, 0.5) is 0 Å². The Bertz CT molecular complexity index is 2130. The van der Waals surface area contributed by atoms with Gasteiger partial charge in [0.1, 0.15) is 12.2 Å². The maximum absolute atomic E-state index is 14.0. The molecule has 1 fully saturated rings. The van der Waals surface area contributed by atoms with Gasteiger partial charge in [-0.05, 0) is 71.0 Å². The number of hydrazine groups is 5. The topological polar surface area (TPSA) is 193 Å². The standard InChI is InChI=1S/C48H61N7O8/c1-6-8-18-42(56)53(45(32(3)4)47(60)61)31-35-21-25-38(26-22-35)40-16-12-13-17-41(40)46-49-51-55(50-46)52-54(43(57)27-28-44(58)59)39(29-33(5)48(62)63-7-2)30-34-19-23-37(24-20-34)36-14-10-9-11-15-36/h9-17,19-26,32-33,39,45-46,49-52H,6-8,18,27-31H2,1-5H3,(H,58,59)(H,60,61)/t33-,39?,45?,46?/m1/s1. The van der Waals surface area contributed by atoms with Crippen molar-refractivity contribution in [3.63, 3.8) is 0 Å². The first kappa shape index (κ1) is 48.1. The van der Waals surface area contributed by atoms with E-state index in [9.17, 15) is 34.2 Å². The van der Waals surface area contributed by atoms with E-state index in [-0.39, 0.29) is 50.7 Å². The molecule has 63 heavy (non-hydrogen) atoms. The predicted octanol–water partition coefficient (Wildman–Crippen LogP) is 6.79. The Kier molecular flexibility index (Phi) is 17.9. The van der Waals surface area contributed by atoms with E-state index in [1.165, 1.54) is 15.1 Å². The first-order valence-corrected chi connectivity index (χ1v) is 21.7. The Morgan fingerprint density at radius 1 is 0.762 bits per heavy atom. The minimum atomic E-state index is -1.11. The van der Waals surface area contributed by atoms with Gasteiger partial charge < -0.3 is 19.8 Å². The third kappa shape index (κ3) is 13.5. The van der Waals surface area contributed by atoms with Crippen LogP contribution in [0.1, 0.15) is 96.0 Å². The van der Waals surface area contributed by atoms with E-state index in [0.717, 1.165) is 45.4 Å². The highest BCUT2D eigenvalue weighted by atomic mass is 16.5. The van der Waals surface area contributed by atoms with Crippen molar-refractivity contribution in [2.24, 2.45) is 11.8 Å². The molecule has 0 spiro atoms. The van der Waals surface area contributed by atoms with Gasteiger partial charge in [0.15, 0.2) is 0 Å². The molecule has 15 heteroatoms. The number of hydrogen-bond donors (Lipinski definition) is 6. The molecule has 1 heterocycles. The van der Waals surface area contributed by atoms with Crippen LogP contribution < -0.4 is 21.9 Å². The molecule has 0 radical (unpaired) electrons. The second-order valence-electron chi connectivity index (χ2n) is 16.2. The molecule has 0 saturated carbocycles. The third-order valence-corrected chi connectivity index (χ3v) is 11.0. The number of ether oxygens (including phenoxy) is 1. The molecule has 1 saturated heterocycles. The van der Waals surface area contributed by atoms with Crippen LogP contribution in [-0.4, -0.2) is 73.8 Å². The van der Waals surface area contributed by atoms with Crippen molar-refractivity contribution in [1.29, 1.82) is 0 Å². The lowest BCUT2D eigenvalue weighted by Gasteiger charge is -2.36. The van der Waals surface area contributed by atoms with Crippen LogP contribution in [0.5, 0.6) is 0 Å². The number of amides is 2. The lowest BCUT2D eigenvalue weighted by atomic mass is 9.94. The Morgan fingerprint density at radius 2 is 1.40 bits per heavy atom. The number of carbonyl (C=O) groups is 5. The summed E-state index contributed by atoms with van der Waals surface area (Å²) >= 11 is 0. The van der Waals surface area contributed by atoms with Gasteiger partial charge in [0.05, 0.1) is 25.0 Å². The minimum absolute atomic E-state index is 0.163. The molecule has 2 amide bonds. The summed E-state index contributed by atoms with van der Waals surface area (Å²) in [7, 11) is 0. The van der Waals surface area contributed by atoms with E-state index >= 15 is 0 Å². The smallest absolute Gasteiger partial charge is 0.326 e. The quantitative estimate of drug-likeness (QED) is 0.0338. The first-order valence-electron chi connectivity index (χ1n) is 21.7. The third-order valence-electron chi connectivity index (χ3n) is 11.0. The highest BCUT2D eigenvalue weighted by Crippen LogP contribution is 2.30. The summed E-state index contributed by atoms with van der Waals surface area (Å²) in [6.45, 7) is 9.46. The van der Waals surface area contributed by atoms with Crippen molar-refractivity contribution in [2.45, 2.75) is 104 Å². The summed E-state index contributed by atoms with van der Waals surface area (Å²) in [4.78, 5) is 65.6. The second-order valence-corrected chi connectivity index (χ2v) is 16.2. The highest BCUT2D eigenvalue weighted by Gasteiger charge is 2.34. The fraction of sp³-hybridized carbons (Fsp3) is 0.396. The zero-order chi connectivity index (χ0) is 45.5. The van der Waals surface area contributed by atoms with Crippen molar-refractivity contribution in [3.8, 4) is 22.3 Å². The molecule has 0 aromatic heterocycles. The van der Waals surface area contributed by atoms with Crippen molar-refractivity contribution >= 4 is 29.7 Å². The van der Waals surface area contributed by atoms with Gasteiger partial charge in [0, 0.05) is 19.4 Å². The molecular formula is C48H61N7O8. The summed E-state index contributed by atoms with van der Waals surface area (Å²) in [5, 5.41) is 22.3. The van der Waals surface area contributed by atoms with Crippen molar-refractivity contribution in [3.05, 3.63) is 120 Å². The SMILES string of the molecule is CCCCC(=O)N(Cc1ccc(-c2ccccc2C2NNN(NN(C(=O)CCC(=O)O)C(Cc3ccc(-c4ccccc4)cc3)C[C@@H](C)C(=O)OCC)N2)cc1)C(C(=O)O)C(C)C. The van der Waals surface area contributed by atoms with E-state index in [0.29, 0.717) is 12.8 Å². The number of esters is 1. The molecule has 336 valence electrons. The van der Waals surface area contributed by atoms with Gasteiger partial charge in [0.2, 0.25) is 11.8 Å². The highest BCUT2D eigenvalue weighted by molar-refractivity contribution is 5.84. The second kappa shape index (κ2) is 23.5. The Hall–Kier alpha value is -5.97. The van der Waals surface area contributed by atoms with Crippen LogP contribution in [0.25, 0.3) is 22.3 Å². The molecule has 0 bridgehead atoms. The molecule has 1 aliphatic rings. The Morgan fingerprint density at radius 3 is 2.03 bits per heavy atom. The number of nitrogens with zero attached hydrogens (tertiary/aromatic N) is 3. The van der Waals surface area contributed by atoms with Gasteiger partial charge in [-0.15, -0.1) is 5.53 Å². The first-order chi connectivity index (χ1) is 30.3. The Balaban J connectivity index is 1.37. The zero-order valence-electron chi connectivity index (χ0n) is 36.8. The zero-order valence-corrected chi connectivity index (χ0v) is 36.8. The van der Waals surface area contributed by atoms with Gasteiger partial charge >= 0.3 is 17.9 Å². The fourth-order valence-corrected chi connectivity index (χ4v) is 7.70. The molecule has 15 nitrogen and oxygen atoms in total. The van der Waals surface area contributed by atoms with Crippen LogP contribution in [0.3, 0.4) is 0 Å². The van der Waals surface area contributed by atoms with E-state index in [4.69, 9.17) is 4.74 Å². The Labute approximate surface area is 369 Å². The number of carboxylic acid groups (broad SMARTS) is 2. The van der Waals surface area contributed by atoms with Crippen LogP contribution in [0.2, 0.25) is 0 Å². The molecule has 3 unspecified atom stereocenters. The molecule has 4 atom stereocenters. The number of aliphatic carboxylic acids is 2. The van der Waals surface area contributed by atoms with E-state index in [1.54, 1.807) is 13.8 Å². The molecule has 4 aromatic carbocycles. The number of rotatable bonds is 23. The summed E-state index contributed by atoms with van der Waals surface area (Å²) in [5.74, 6) is -4.08. The number of hydrogen-bond acceptors (Lipinski definition) is 11. The summed E-state index contributed by atoms with van der Waals surface area (Å²) in [6, 6.07) is 31.8. The molecule has 4 aromatic rings. The van der Waals surface area contributed by atoms with E-state index in [1.807, 2.05) is 124 Å². The van der Waals surface area contributed by atoms with E-state index < -0.39 is 48.0 Å². The molecule has 6 N–H and O–H groups in total. The maximum atomic E-state index is 14.0. The number of carbonyl (C=O) groups excluding carboxylic acids is 3. The lowest BCUT2D eigenvalue weighted by molar-refractivity contribution is -0.155. The summed E-state index contributed by atoms with van der Waals surface area (Å²) in [6.07, 6.45) is 1.14. The number of carboxylic acids is 2. The molecule has 5 rings (SSSR count). The van der Waals surface area contributed by atoms with Gasteiger partial charge in [-0.2, -0.15) is 5.53 Å². The van der Waals surface area contributed by atoms with Gasteiger partial charge in [-0.1, -0.05) is 142 Å². The molecule has 0 aliphatic carbocycles. The number of benzene rings is 4. The summed E-state index contributed by atoms with van der Waals surface area (Å²) < 4.78 is 5.33. The van der Waals surface area contributed by atoms with Crippen LogP contribution in [0.15, 0.2) is 103 Å². The fourth-order valence-electron chi connectivity index (χ4n) is 7.70. The van der Waals surface area contributed by atoms with Gasteiger partial charge in [-0.3, -0.25) is 24.2 Å². The van der Waals surface area contributed by atoms with E-state index in [2.05, 4.69) is 21.9 Å².